The zero-order valence-corrected chi connectivity index (χ0v) is 15.9. The van der Waals surface area contributed by atoms with Crippen LogP contribution in [-0.2, 0) is 13.1 Å². The van der Waals surface area contributed by atoms with Gasteiger partial charge in [0.2, 0.25) is 0 Å². The Labute approximate surface area is 160 Å². The molecule has 27 heavy (non-hydrogen) atoms. The molecule has 1 amide bonds. The van der Waals surface area contributed by atoms with Crippen molar-refractivity contribution in [2.75, 3.05) is 27.3 Å². The van der Waals surface area contributed by atoms with Crippen molar-refractivity contribution in [2.45, 2.75) is 25.6 Å². The molecule has 2 aromatic carbocycles. The molecule has 6 nitrogen and oxygen atoms in total. The van der Waals surface area contributed by atoms with E-state index in [0.29, 0.717) is 12.1 Å². The minimum atomic E-state index is -0.0338. The summed E-state index contributed by atoms with van der Waals surface area (Å²) in [7, 11) is 3.31. The summed E-state index contributed by atoms with van der Waals surface area (Å²) in [5.74, 6) is 1.54. The lowest BCUT2D eigenvalue weighted by molar-refractivity contribution is 0.0937. The molecule has 1 saturated heterocycles. The highest BCUT2D eigenvalue weighted by Gasteiger charge is 2.24. The van der Waals surface area contributed by atoms with Gasteiger partial charge >= 0.3 is 0 Å². The van der Waals surface area contributed by atoms with Crippen LogP contribution >= 0.6 is 0 Å². The molecule has 0 aliphatic carbocycles. The van der Waals surface area contributed by atoms with E-state index in [1.165, 1.54) is 0 Å². The second kappa shape index (κ2) is 8.88. The number of amides is 1. The molecule has 1 unspecified atom stereocenters. The standard InChI is InChI=1S/C21H27N3O3/c1-26-19-9-16(10-20(11-19)27-2)13-24-8-7-18(14-24)23-21(25)17-5-3-15(12-22)4-6-17/h3-6,9-11,18H,7-8,12-14,22H2,1-2H3,(H,23,25). The minimum Gasteiger partial charge on any atom is -0.497 e. The maximum Gasteiger partial charge on any atom is 0.251 e. The maximum atomic E-state index is 12.4. The zero-order chi connectivity index (χ0) is 19.2. The van der Waals surface area contributed by atoms with Gasteiger partial charge in [-0.25, -0.2) is 0 Å². The van der Waals surface area contributed by atoms with Gasteiger partial charge in [-0.2, -0.15) is 0 Å². The van der Waals surface area contributed by atoms with Crippen LogP contribution in [0.4, 0.5) is 0 Å². The fourth-order valence-corrected chi connectivity index (χ4v) is 3.37. The van der Waals surface area contributed by atoms with Gasteiger partial charge in [-0.1, -0.05) is 12.1 Å². The lowest BCUT2D eigenvalue weighted by Gasteiger charge is -2.18. The van der Waals surface area contributed by atoms with E-state index in [1.54, 1.807) is 14.2 Å². The number of hydrogen-bond donors (Lipinski definition) is 2. The van der Waals surface area contributed by atoms with Crippen LogP contribution in [0.15, 0.2) is 42.5 Å². The molecule has 1 atom stereocenters. The molecular weight excluding hydrogens is 342 g/mol. The monoisotopic (exact) mass is 369 g/mol. The number of nitrogens with one attached hydrogen (secondary N) is 1. The van der Waals surface area contributed by atoms with Gasteiger partial charge in [0.1, 0.15) is 11.5 Å². The molecule has 0 saturated carbocycles. The Hall–Kier alpha value is -2.57. The highest BCUT2D eigenvalue weighted by atomic mass is 16.5. The molecule has 6 heteroatoms. The van der Waals surface area contributed by atoms with E-state index in [2.05, 4.69) is 10.2 Å². The topological polar surface area (TPSA) is 76.8 Å². The van der Waals surface area contributed by atoms with E-state index >= 15 is 0 Å². The van der Waals surface area contributed by atoms with Crippen LogP contribution in [0.2, 0.25) is 0 Å². The molecule has 2 aromatic rings. The van der Waals surface area contributed by atoms with Crippen LogP contribution in [0, 0.1) is 0 Å². The van der Waals surface area contributed by atoms with E-state index in [1.807, 2.05) is 42.5 Å². The molecular formula is C21H27N3O3. The SMILES string of the molecule is COc1cc(CN2CCC(NC(=O)c3ccc(CN)cc3)C2)cc(OC)c1. The van der Waals surface area contributed by atoms with Crippen molar-refractivity contribution in [1.29, 1.82) is 0 Å². The average Bonchev–Trinajstić information content (AvgIpc) is 3.14. The van der Waals surface area contributed by atoms with Crippen molar-refractivity contribution < 1.29 is 14.3 Å². The van der Waals surface area contributed by atoms with Crippen LogP contribution < -0.4 is 20.5 Å². The molecule has 0 radical (unpaired) electrons. The summed E-state index contributed by atoms with van der Waals surface area (Å²) in [4.78, 5) is 14.8. The number of carbonyl (C=O) groups excluding carboxylic acids is 1. The maximum absolute atomic E-state index is 12.4. The highest BCUT2D eigenvalue weighted by Crippen LogP contribution is 2.24. The molecule has 3 rings (SSSR count). The van der Waals surface area contributed by atoms with Crippen LogP contribution in [0.25, 0.3) is 0 Å². The number of nitrogens with two attached hydrogens (primary N) is 1. The van der Waals surface area contributed by atoms with Gasteiger partial charge in [0.25, 0.3) is 5.91 Å². The van der Waals surface area contributed by atoms with Gasteiger partial charge in [0.15, 0.2) is 0 Å². The Morgan fingerprint density at radius 2 is 1.78 bits per heavy atom. The van der Waals surface area contributed by atoms with E-state index in [9.17, 15) is 4.79 Å². The number of ether oxygens (including phenoxy) is 2. The number of benzene rings is 2. The second-order valence-corrected chi connectivity index (χ2v) is 6.82. The third-order valence-corrected chi connectivity index (χ3v) is 4.88. The number of likely N-dealkylation sites (tertiary alicyclic amines) is 1. The van der Waals surface area contributed by atoms with Gasteiger partial charge < -0.3 is 20.5 Å². The first-order valence-corrected chi connectivity index (χ1v) is 9.15. The van der Waals surface area contributed by atoms with Crippen LogP contribution in [0.1, 0.15) is 27.9 Å². The smallest absolute Gasteiger partial charge is 0.251 e. The van der Waals surface area contributed by atoms with Crippen LogP contribution in [0.3, 0.4) is 0 Å². The Balaban J connectivity index is 1.56. The summed E-state index contributed by atoms with van der Waals surface area (Å²) in [6, 6.07) is 13.5. The normalized spacial score (nSPS) is 16.9. The number of methoxy groups -OCH3 is 2. The van der Waals surface area contributed by atoms with Gasteiger partial charge in [0.05, 0.1) is 14.2 Å². The Bertz CT molecular complexity index is 754. The summed E-state index contributed by atoms with van der Waals surface area (Å²) >= 11 is 0. The fourth-order valence-electron chi connectivity index (χ4n) is 3.37. The summed E-state index contributed by atoms with van der Waals surface area (Å²) in [5.41, 5.74) is 8.43. The summed E-state index contributed by atoms with van der Waals surface area (Å²) in [6.45, 7) is 3.04. The predicted octanol–water partition coefficient (Wildman–Crippen LogP) is 2.17. The Morgan fingerprint density at radius 1 is 1.11 bits per heavy atom. The van der Waals surface area contributed by atoms with E-state index in [-0.39, 0.29) is 11.9 Å². The Kier molecular flexibility index (Phi) is 6.32. The van der Waals surface area contributed by atoms with E-state index in [4.69, 9.17) is 15.2 Å². The molecule has 0 spiro atoms. The first-order chi connectivity index (χ1) is 13.1. The molecule has 1 aliphatic heterocycles. The number of carbonyl (C=O) groups is 1. The third kappa shape index (κ3) is 4.99. The quantitative estimate of drug-likeness (QED) is 0.782. The third-order valence-electron chi connectivity index (χ3n) is 4.88. The predicted molar refractivity (Wildman–Crippen MR) is 105 cm³/mol. The largest absolute Gasteiger partial charge is 0.497 e. The Morgan fingerprint density at radius 3 is 2.37 bits per heavy atom. The van der Waals surface area contributed by atoms with Crippen molar-refractivity contribution >= 4 is 5.91 Å². The molecule has 1 heterocycles. The number of nitrogens with zero attached hydrogens (tertiary/aromatic N) is 1. The van der Waals surface area contributed by atoms with Gasteiger partial charge in [-0.05, 0) is 41.8 Å². The van der Waals surface area contributed by atoms with E-state index in [0.717, 1.165) is 48.7 Å². The number of rotatable bonds is 7. The first-order valence-electron chi connectivity index (χ1n) is 9.15. The van der Waals surface area contributed by atoms with Crippen molar-refractivity contribution in [3.05, 3.63) is 59.2 Å². The fraction of sp³-hybridized carbons (Fsp3) is 0.381. The number of hydrogen-bond acceptors (Lipinski definition) is 5. The van der Waals surface area contributed by atoms with Gasteiger partial charge in [0, 0.05) is 43.9 Å². The van der Waals surface area contributed by atoms with Crippen LogP contribution in [0.5, 0.6) is 11.5 Å². The molecule has 0 bridgehead atoms. The average molecular weight is 369 g/mol. The summed E-state index contributed by atoms with van der Waals surface area (Å²) in [6.07, 6.45) is 0.938. The highest BCUT2D eigenvalue weighted by molar-refractivity contribution is 5.94. The lowest BCUT2D eigenvalue weighted by atomic mass is 10.1. The minimum absolute atomic E-state index is 0.0338. The van der Waals surface area contributed by atoms with Crippen LogP contribution in [-0.4, -0.2) is 44.2 Å². The molecule has 0 aromatic heterocycles. The summed E-state index contributed by atoms with van der Waals surface area (Å²) in [5, 5.41) is 3.13. The molecule has 1 fully saturated rings. The summed E-state index contributed by atoms with van der Waals surface area (Å²) < 4.78 is 10.7. The molecule has 144 valence electrons. The van der Waals surface area contributed by atoms with Crippen molar-refractivity contribution in [3.63, 3.8) is 0 Å². The van der Waals surface area contributed by atoms with Crippen molar-refractivity contribution in [2.24, 2.45) is 5.73 Å². The molecule has 1 aliphatic rings. The second-order valence-electron chi connectivity index (χ2n) is 6.82. The van der Waals surface area contributed by atoms with Crippen molar-refractivity contribution in [1.82, 2.24) is 10.2 Å². The van der Waals surface area contributed by atoms with Gasteiger partial charge in [-0.3, -0.25) is 9.69 Å². The first kappa shape index (κ1) is 19.2. The van der Waals surface area contributed by atoms with E-state index < -0.39 is 0 Å². The van der Waals surface area contributed by atoms with Crippen molar-refractivity contribution in [3.8, 4) is 11.5 Å². The zero-order valence-electron chi connectivity index (χ0n) is 15.9. The molecule has 3 N–H and O–H groups in total. The van der Waals surface area contributed by atoms with Gasteiger partial charge in [-0.15, -0.1) is 0 Å². The lowest BCUT2D eigenvalue weighted by Crippen LogP contribution is -2.37.